The molecule has 7 heteroatoms. The molecule has 1 rings (SSSR count). The van der Waals surface area contributed by atoms with Crippen molar-refractivity contribution in [2.75, 3.05) is 18.5 Å². The maximum absolute atomic E-state index is 9.74. The Morgan fingerprint density at radius 3 is 2.62 bits per heavy atom. The average Bonchev–Trinajstić information content (AvgIpc) is 2.62. The van der Waals surface area contributed by atoms with E-state index in [9.17, 15) is 5.11 Å². The Morgan fingerprint density at radius 1 is 1.50 bits per heavy atom. The van der Waals surface area contributed by atoms with Crippen LogP contribution >= 0.6 is 11.3 Å². The zero-order chi connectivity index (χ0) is 12.2. The fraction of sp³-hybridized carbons (Fsp3) is 0.778. The Morgan fingerprint density at radius 2 is 2.19 bits per heavy atom. The van der Waals surface area contributed by atoms with E-state index in [4.69, 9.17) is 5.84 Å². The number of likely N-dealkylation sites (N-methyl/N-ethyl adjacent to an activating group) is 1. The van der Waals surface area contributed by atoms with Crippen LogP contribution in [-0.2, 0) is 6.54 Å². The van der Waals surface area contributed by atoms with Crippen molar-refractivity contribution >= 4 is 16.5 Å². The van der Waals surface area contributed by atoms with Crippen LogP contribution in [0.1, 0.15) is 25.8 Å². The summed E-state index contributed by atoms with van der Waals surface area (Å²) < 4.78 is 0. The van der Waals surface area contributed by atoms with Crippen LogP contribution in [0.15, 0.2) is 0 Å². The van der Waals surface area contributed by atoms with Crippen molar-refractivity contribution in [1.82, 2.24) is 15.1 Å². The predicted octanol–water partition coefficient (Wildman–Crippen LogP) is 0.416. The van der Waals surface area contributed by atoms with Crippen molar-refractivity contribution in [2.45, 2.75) is 32.9 Å². The number of hydrogen-bond donors (Lipinski definition) is 3. The van der Waals surface area contributed by atoms with Gasteiger partial charge in [-0.15, -0.1) is 10.2 Å². The number of hydrazine groups is 1. The van der Waals surface area contributed by atoms with Crippen molar-refractivity contribution in [3.8, 4) is 0 Å². The Kier molecular flexibility index (Phi) is 4.60. The molecule has 0 aliphatic rings. The standard InChI is InChI=1S/C9H19N5OS/c1-4-14(6-9(2,3)15)5-7-12-13-8(11-10)16-7/h15H,4-6,10H2,1-3H3,(H,11,13). The van der Waals surface area contributed by atoms with E-state index in [0.717, 1.165) is 11.6 Å². The van der Waals surface area contributed by atoms with E-state index >= 15 is 0 Å². The molecule has 0 aromatic carbocycles. The van der Waals surface area contributed by atoms with Gasteiger partial charge in [0.05, 0.1) is 12.1 Å². The molecule has 0 atom stereocenters. The molecule has 1 heterocycles. The van der Waals surface area contributed by atoms with E-state index < -0.39 is 5.60 Å². The van der Waals surface area contributed by atoms with Gasteiger partial charge in [-0.3, -0.25) is 10.3 Å². The fourth-order valence-electron chi connectivity index (χ4n) is 1.39. The number of nitrogens with one attached hydrogen (secondary N) is 1. The molecule has 0 aliphatic carbocycles. The van der Waals surface area contributed by atoms with Gasteiger partial charge in [-0.2, -0.15) is 0 Å². The maximum atomic E-state index is 9.74. The number of aromatic nitrogens is 2. The van der Waals surface area contributed by atoms with E-state index in [-0.39, 0.29) is 0 Å². The Hall–Kier alpha value is -0.760. The molecule has 0 saturated carbocycles. The molecule has 1 aromatic heterocycles. The molecular formula is C9H19N5OS. The monoisotopic (exact) mass is 245 g/mol. The van der Waals surface area contributed by atoms with Gasteiger partial charge in [-0.25, -0.2) is 5.84 Å². The number of aliphatic hydroxyl groups is 1. The Labute approximate surface area is 99.4 Å². The lowest BCUT2D eigenvalue weighted by atomic mass is 10.1. The van der Waals surface area contributed by atoms with Gasteiger partial charge in [-0.05, 0) is 20.4 Å². The smallest absolute Gasteiger partial charge is 0.219 e. The van der Waals surface area contributed by atoms with E-state index in [1.54, 1.807) is 13.8 Å². The van der Waals surface area contributed by atoms with Crippen LogP contribution in [0.5, 0.6) is 0 Å². The molecule has 6 nitrogen and oxygen atoms in total. The lowest BCUT2D eigenvalue weighted by Crippen LogP contribution is -2.38. The molecule has 0 amide bonds. The van der Waals surface area contributed by atoms with Gasteiger partial charge in [-0.1, -0.05) is 18.3 Å². The first-order valence-corrected chi connectivity index (χ1v) is 6.00. The quantitative estimate of drug-likeness (QED) is 0.497. The second kappa shape index (κ2) is 5.53. The minimum atomic E-state index is -0.699. The summed E-state index contributed by atoms with van der Waals surface area (Å²) in [5.74, 6) is 5.23. The lowest BCUT2D eigenvalue weighted by molar-refractivity contribution is 0.0352. The molecule has 0 spiro atoms. The zero-order valence-electron chi connectivity index (χ0n) is 9.90. The number of anilines is 1. The van der Waals surface area contributed by atoms with Gasteiger partial charge in [0.25, 0.3) is 0 Å². The number of hydrogen-bond acceptors (Lipinski definition) is 7. The van der Waals surface area contributed by atoms with Gasteiger partial charge in [0.15, 0.2) is 0 Å². The summed E-state index contributed by atoms with van der Waals surface area (Å²) in [6.45, 7) is 7.78. The van der Waals surface area contributed by atoms with E-state index in [0.29, 0.717) is 18.2 Å². The van der Waals surface area contributed by atoms with Crippen LogP contribution in [-0.4, -0.2) is 38.9 Å². The molecule has 0 unspecified atom stereocenters. The second-order valence-corrected chi connectivity index (χ2v) is 5.32. The lowest BCUT2D eigenvalue weighted by Gasteiger charge is -2.26. The van der Waals surface area contributed by atoms with Crippen molar-refractivity contribution in [2.24, 2.45) is 5.84 Å². The highest BCUT2D eigenvalue weighted by Gasteiger charge is 2.18. The number of rotatable bonds is 6. The topological polar surface area (TPSA) is 87.3 Å². The molecular weight excluding hydrogens is 226 g/mol. The number of nitrogens with zero attached hydrogens (tertiary/aromatic N) is 3. The van der Waals surface area contributed by atoms with Crippen LogP contribution in [0.4, 0.5) is 5.13 Å². The molecule has 0 radical (unpaired) electrons. The number of nitrogen functional groups attached to an aromatic ring is 1. The van der Waals surface area contributed by atoms with Gasteiger partial charge < -0.3 is 5.11 Å². The van der Waals surface area contributed by atoms with E-state index in [1.807, 2.05) is 0 Å². The molecule has 0 saturated heterocycles. The van der Waals surface area contributed by atoms with Gasteiger partial charge in [0, 0.05) is 6.54 Å². The van der Waals surface area contributed by atoms with Crippen LogP contribution < -0.4 is 11.3 Å². The number of nitrogens with two attached hydrogens (primary N) is 1. The summed E-state index contributed by atoms with van der Waals surface area (Å²) in [6.07, 6.45) is 0. The first-order valence-electron chi connectivity index (χ1n) is 5.18. The predicted molar refractivity (Wildman–Crippen MR) is 65.0 cm³/mol. The molecule has 0 bridgehead atoms. The average molecular weight is 245 g/mol. The molecule has 4 N–H and O–H groups in total. The van der Waals surface area contributed by atoms with Gasteiger partial charge in [0.2, 0.25) is 5.13 Å². The molecule has 1 aromatic rings. The second-order valence-electron chi connectivity index (χ2n) is 4.26. The van der Waals surface area contributed by atoms with E-state index in [2.05, 4.69) is 27.4 Å². The van der Waals surface area contributed by atoms with Crippen LogP contribution in [0.25, 0.3) is 0 Å². The zero-order valence-corrected chi connectivity index (χ0v) is 10.7. The summed E-state index contributed by atoms with van der Waals surface area (Å²) in [7, 11) is 0. The largest absolute Gasteiger partial charge is 0.389 e. The Bertz CT molecular complexity index is 322. The normalized spacial score (nSPS) is 12.1. The van der Waals surface area contributed by atoms with Crippen LogP contribution in [0, 0.1) is 0 Å². The van der Waals surface area contributed by atoms with Crippen molar-refractivity contribution in [3.63, 3.8) is 0 Å². The fourth-order valence-corrected chi connectivity index (χ4v) is 2.09. The van der Waals surface area contributed by atoms with Gasteiger partial charge >= 0.3 is 0 Å². The first kappa shape index (κ1) is 13.3. The highest BCUT2D eigenvalue weighted by Crippen LogP contribution is 2.16. The minimum Gasteiger partial charge on any atom is -0.389 e. The molecule has 16 heavy (non-hydrogen) atoms. The summed E-state index contributed by atoms with van der Waals surface area (Å²) in [5, 5.41) is 19.1. The highest BCUT2D eigenvalue weighted by molar-refractivity contribution is 7.15. The van der Waals surface area contributed by atoms with Crippen molar-refractivity contribution < 1.29 is 5.11 Å². The summed E-state index contributed by atoms with van der Waals surface area (Å²) in [5.41, 5.74) is 1.77. The first-order chi connectivity index (χ1) is 7.44. The van der Waals surface area contributed by atoms with E-state index in [1.165, 1.54) is 11.3 Å². The van der Waals surface area contributed by atoms with Crippen LogP contribution in [0.3, 0.4) is 0 Å². The maximum Gasteiger partial charge on any atom is 0.219 e. The molecule has 92 valence electrons. The third-order valence-corrected chi connectivity index (χ3v) is 2.85. The van der Waals surface area contributed by atoms with Crippen LogP contribution in [0.2, 0.25) is 0 Å². The SMILES string of the molecule is CCN(Cc1nnc(NN)s1)CC(C)(C)O. The minimum absolute atomic E-state index is 0.606. The molecule has 0 fully saturated rings. The third-order valence-electron chi connectivity index (χ3n) is 2.01. The highest BCUT2D eigenvalue weighted by atomic mass is 32.1. The summed E-state index contributed by atoms with van der Waals surface area (Å²) >= 11 is 1.42. The van der Waals surface area contributed by atoms with Crippen molar-refractivity contribution in [3.05, 3.63) is 5.01 Å². The summed E-state index contributed by atoms with van der Waals surface area (Å²) in [6, 6.07) is 0. The Balaban J connectivity index is 2.56. The third kappa shape index (κ3) is 4.40. The van der Waals surface area contributed by atoms with Crippen molar-refractivity contribution in [1.29, 1.82) is 0 Å². The van der Waals surface area contributed by atoms with Gasteiger partial charge in [0.1, 0.15) is 5.01 Å². The molecule has 0 aliphatic heterocycles. The summed E-state index contributed by atoms with van der Waals surface area (Å²) in [4.78, 5) is 2.11.